The van der Waals surface area contributed by atoms with Crippen LogP contribution in [0.2, 0.25) is 0 Å². The zero-order valence-electron chi connectivity index (χ0n) is 13.8. The average molecular weight is 305 g/mol. The fraction of sp³-hybridized carbons (Fsp3) is 0.765. The van der Waals surface area contributed by atoms with E-state index >= 15 is 0 Å². The first-order valence-electron chi connectivity index (χ1n) is 8.50. The van der Waals surface area contributed by atoms with Gasteiger partial charge in [-0.25, -0.2) is 4.98 Å². The van der Waals surface area contributed by atoms with Crippen LogP contribution in [0.3, 0.4) is 0 Å². The summed E-state index contributed by atoms with van der Waals surface area (Å²) in [7, 11) is 0. The minimum atomic E-state index is 0.198. The van der Waals surface area contributed by atoms with Crippen molar-refractivity contribution in [3.63, 3.8) is 0 Å². The Labute approximate surface area is 132 Å². The summed E-state index contributed by atoms with van der Waals surface area (Å²) in [5.74, 6) is 2.31. The average Bonchev–Trinajstić information content (AvgIpc) is 2.88. The molecule has 5 nitrogen and oxygen atoms in total. The molecule has 2 aliphatic rings. The number of carbonyl (C=O) groups excluding carboxylic acids is 1. The van der Waals surface area contributed by atoms with Crippen molar-refractivity contribution in [2.45, 2.75) is 46.1 Å². The molecule has 122 valence electrons. The van der Waals surface area contributed by atoms with Crippen LogP contribution in [0.5, 0.6) is 0 Å². The number of nitrogens with zero attached hydrogens (tertiary/aromatic N) is 3. The van der Waals surface area contributed by atoms with Crippen LogP contribution in [0, 0.1) is 25.7 Å². The monoisotopic (exact) mass is 305 g/mol. The predicted octanol–water partition coefficient (Wildman–Crippen LogP) is 2.17. The van der Waals surface area contributed by atoms with Crippen molar-refractivity contribution in [2.75, 3.05) is 26.3 Å². The molecule has 0 saturated carbocycles. The summed E-state index contributed by atoms with van der Waals surface area (Å²) in [6, 6.07) is 0. The first-order chi connectivity index (χ1) is 10.6. The second-order valence-electron chi connectivity index (χ2n) is 6.71. The molecule has 1 aromatic heterocycles. The Morgan fingerprint density at radius 3 is 2.50 bits per heavy atom. The number of rotatable bonds is 3. The van der Waals surface area contributed by atoms with Gasteiger partial charge in [0.1, 0.15) is 5.82 Å². The highest BCUT2D eigenvalue weighted by Gasteiger charge is 2.29. The molecule has 0 bridgehead atoms. The molecular weight excluding hydrogens is 278 g/mol. The van der Waals surface area contributed by atoms with Crippen LogP contribution in [-0.4, -0.2) is 46.7 Å². The van der Waals surface area contributed by atoms with Crippen LogP contribution >= 0.6 is 0 Å². The predicted molar refractivity (Wildman–Crippen MR) is 84.5 cm³/mol. The van der Waals surface area contributed by atoms with Gasteiger partial charge in [0, 0.05) is 50.7 Å². The topological polar surface area (TPSA) is 47.4 Å². The van der Waals surface area contributed by atoms with E-state index in [0.717, 1.165) is 64.4 Å². The van der Waals surface area contributed by atoms with Gasteiger partial charge < -0.3 is 14.2 Å². The highest BCUT2D eigenvalue weighted by molar-refractivity contribution is 5.79. The highest BCUT2D eigenvalue weighted by Crippen LogP contribution is 2.24. The third kappa shape index (κ3) is 3.35. The molecule has 5 heteroatoms. The van der Waals surface area contributed by atoms with E-state index in [0.29, 0.717) is 11.8 Å². The van der Waals surface area contributed by atoms with Crippen LogP contribution in [0.4, 0.5) is 0 Å². The number of likely N-dealkylation sites (tertiary alicyclic amines) is 1. The Hall–Kier alpha value is -1.36. The maximum Gasteiger partial charge on any atom is 0.225 e. The van der Waals surface area contributed by atoms with Crippen molar-refractivity contribution in [3.05, 3.63) is 17.7 Å². The number of carbonyl (C=O) groups is 1. The van der Waals surface area contributed by atoms with Crippen LogP contribution in [0.25, 0.3) is 0 Å². The number of aryl methyl sites for hydroxylation is 2. The third-order valence-electron chi connectivity index (χ3n) is 5.19. The number of imidazole rings is 1. The Morgan fingerprint density at radius 1 is 1.23 bits per heavy atom. The lowest BCUT2D eigenvalue weighted by molar-refractivity contribution is -0.140. The maximum absolute atomic E-state index is 12.5. The number of aromatic nitrogens is 2. The lowest BCUT2D eigenvalue weighted by Gasteiger charge is -2.35. The summed E-state index contributed by atoms with van der Waals surface area (Å²) in [6.07, 6.45) is 5.94. The molecule has 2 aliphatic heterocycles. The number of piperidine rings is 1. The Bertz CT molecular complexity index is 492. The second-order valence-corrected chi connectivity index (χ2v) is 6.71. The summed E-state index contributed by atoms with van der Waals surface area (Å²) in [5, 5.41) is 0. The van der Waals surface area contributed by atoms with E-state index in [1.54, 1.807) is 0 Å². The number of hydrogen-bond donors (Lipinski definition) is 0. The lowest BCUT2D eigenvalue weighted by Crippen LogP contribution is -2.43. The molecule has 3 heterocycles. The van der Waals surface area contributed by atoms with Gasteiger partial charge in [0.25, 0.3) is 0 Å². The Kier molecular flexibility index (Phi) is 4.81. The van der Waals surface area contributed by atoms with Crippen molar-refractivity contribution in [1.82, 2.24) is 14.5 Å². The van der Waals surface area contributed by atoms with Gasteiger partial charge >= 0.3 is 0 Å². The highest BCUT2D eigenvalue weighted by atomic mass is 16.5. The molecule has 0 unspecified atom stereocenters. The summed E-state index contributed by atoms with van der Waals surface area (Å²) < 4.78 is 7.66. The molecule has 2 fully saturated rings. The van der Waals surface area contributed by atoms with Gasteiger partial charge in [0.15, 0.2) is 0 Å². The maximum atomic E-state index is 12.5. The van der Waals surface area contributed by atoms with Gasteiger partial charge in [-0.1, -0.05) is 0 Å². The Morgan fingerprint density at radius 2 is 1.91 bits per heavy atom. The van der Waals surface area contributed by atoms with Crippen LogP contribution in [0.1, 0.15) is 37.2 Å². The molecule has 1 aromatic rings. The molecule has 3 rings (SSSR count). The SMILES string of the molecule is Cc1cnc(C)n1CC1CCN(C(=O)C2CCOCC2)CC1. The molecule has 0 spiro atoms. The van der Waals surface area contributed by atoms with Gasteiger partial charge in [-0.3, -0.25) is 4.79 Å². The normalized spacial score (nSPS) is 21.3. The summed E-state index contributed by atoms with van der Waals surface area (Å²) in [4.78, 5) is 19.0. The molecule has 0 atom stereocenters. The quantitative estimate of drug-likeness (QED) is 0.860. The van der Waals surface area contributed by atoms with Crippen LogP contribution in [-0.2, 0) is 16.1 Å². The van der Waals surface area contributed by atoms with Gasteiger partial charge in [-0.15, -0.1) is 0 Å². The smallest absolute Gasteiger partial charge is 0.225 e. The van der Waals surface area contributed by atoms with E-state index in [1.165, 1.54) is 5.69 Å². The lowest BCUT2D eigenvalue weighted by atomic mass is 9.93. The van der Waals surface area contributed by atoms with E-state index in [2.05, 4.69) is 28.3 Å². The third-order valence-corrected chi connectivity index (χ3v) is 5.19. The zero-order valence-corrected chi connectivity index (χ0v) is 13.8. The molecule has 2 saturated heterocycles. The zero-order chi connectivity index (χ0) is 15.5. The first-order valence-corrected chi connectivity index (χ1v) is 8.50. The summed E-state index contributed by atoms with van der Waals surface area (Å²) in [5.41, 5.74) is 1.23. The molecule has 0 radical (unpaired) electrons. The van der Waals surface area contributed by atoms with Gasteiger partial charge in [-0.2, -0.15) is 0 Å². The molecule has 0 aromatic carbocycles. The minimum absolute atomic E-state index is 0.198. The number of hydrogen-bond acceptors (Lipinski definition) is 3. The van der Waals surface area contributed by atoms with Crippen molar-refractivity contribution in [1.29, 1.82) is 0 Å². The van der Waals surface area contributed by atoms with Crippen LogP contribution in [0.15, 0.2) is 6.20 Å². The van der Waals surface area contributed by atoms with E-state index in [-0.39, 0.29) is 5.92 Å². The van der Waals surface area contributed by atoms with E-state index < -0.39 is 0 Å². The fourth-order valence-electron chi connectivity index (χ4n) is 3.65. The number of amides is 1. The van der Waals surface area contributed by atoms with Crippen molar-refractivity contribution in [3.8, 4) is 0 Å². The summed E-state index contributed by atoms with van der Waals surface area (Å²) >= 11 is 0. The van der Waals surface area contributed by atoms with Crippen LogP contribution < -0.4 is 0 Å². The minimum Gasteiger partial charge on any atom is -0.381 e. The van der Waals surface area contributed by atoms with Crippen molar-refractivity contribution < 1.29 is 9.53 Å². The number of ether oxygens (including phenoxy) is 1. The van der Waals surface area contributed by atoms with Crippen molar-refractivity contribution >= 4 is 5.91 Å². The molecular formula is C17H27N3O2. The Balaban J connectivity index is 1.51. The van der Waals surface area contributed by atoms with E-state index in [9.17, 15) is 4.79 Å². The van der Waals surface area contributed by atoms with E-state index in [1.807, 2.05) is 6.20 Å². The van der Waals surface area contributed by atoms with E-state index in [4.69, 9.17) is 4.74 Å². The molecule has 0 N–H and O–H groups in total. The first kappa shape index (κ1) is 15.5. The molecule has 0 aliphatic carbocycles. The second kappa shape index (κ2) is 6.82. The largest absolute Gasteiger partial charge is 0.381 e. The molecule has 22 heavy (non-hydrogen) atoms. The van der Waals surface area contributed by atoms with Gasteiger partial charge in [-0.05, 0) is 45.4 Å². The van der Waals surface area contributed by atoms with Gasteiger partial charge in [0.05, 0.1) is 0 Å². The standard InChI is InChI=1S/C17H27N3O2/c1-13-11-18-14(2)20(13)12-15-3-7-19(8-4-15)17(21)16-5-9-22-10-6-16/h11,15-16H,3-10,12H2,1-2H3. The fourth-order valence-corrected chi connectivity index (χ4v) is 3.65. The molecule has 1 amide bonds. The van der Waals surface area contributed by atoms with Crippen molar-refractivity contribution in [2.24, 2.45) is 11.8 Å². The van der Waals surface area contributed by atoms with Gasteiger partial charge in [0.2, 0.25) is 5.91 Å². The summed E-state index contributed by atoms with van der Waals surface area (Å²) in [6.45, 7) is 8.52.